The predicted molar refractivity (Wildman–Crippen MR) is 271 cm³/mol. The molecule has 4 aliphatic rings. The summed E-state index contributed by atoms with van der Waals surface area (Å²) in [6.45, 7) is 3.98. The van der Waals surface area contributed by atoms with Crippen LogP contribution in [0.5, 0.6) is 0 Å². The first kappa shape index (κ1) is 58.9. The van der Waals surface area contributed by atoms with Gasteiger partial charge in [-0.1, -0.05) is 38.1 Å². The van der Waals surface area contributed by atoms with Crippen molar-refractivity contribution in [1.29, 1.82) is 0 Å². The number of carbonyl (C=O) groups is 4. The summed E-state index contributed by atoms with van der Waals surface area (Å²) in [4.78, 5) is 63.1. The number of aliphatic hydroxyl groups is 1. The molecule has 4 aromatic rings. The van der Waals surface area contributed by atoms with Crippen LogP contribution in [0.15, 0.2) is 67.0 Å². The number of nitrogens with zero attached hydrogens (tertiary/aromatic N) is 6. The number of pyridine rings is 1. The van der Waals surface area contributed by atoms with Crippen LogP contribution in [0.25, 0.3) is 22.4 Å². The molecule has 1 saturated carbocycles. The van der Waals surface area contributed by atoms with Crippen molar-refractivity contribution in [2.45, 2.75) is 128 Å². The highest BCUT2D eigenvalue weighted by Gasteiger charge is 2.57. The number of alkyl halides is 6. The molecule has 5 heterocycles. The number of piperazine rings is 1. The zero-order valence-corrected chi connectivity index (χ0v) is 44.7. The van der Waals surface area contributed by atoms with E-state index in [9.17, 15) is 50.6 Å². The number of Topliss-reactive ketones (excluding diaryl/α,β-unsaturated/α-hetero) is 1. The lowest BCUT2D eigenvalue weighted by molar-refractivity contribution is -0.231. The maximum Gasteiger partial charge on any atom is 0.407 e. The third-order valence-corrected chi connectivity index (χ3v) is 16.2. The number of benzene rings is 2. The van der Waals surface area contributed by atoms with Crippen molar-refractivity contribution in [3.63, 3.8) is 0 Å². The Morgan fingerprint density at radius 1 is 0.785 bits per heavy atom. The van der Waals surface area contributed by atoms with Gasteiger partial charge in [-0.05, 0) is 93.3 Å². The Morgan fingerprint density at radius 3 is 1.92 bits per heavy atom. The average Bonchev–Trinajstić information content (AvgIpc) is 4.18. The molecule has 2 bridgehead atoms. The second-order valence-electron chi connectivity index (χ2n) is 22.3. The van der Waals surface area contributed by atoms with Crippen molar-refractivity contribution >= 4 is 29.6 Å². The smallest absolute Gasteiger partial charge is 0.407 e. The van der Waals surface area contributed by atoms with E-state index in [0.29, 0.717) is 62.0 Å². The standard InChI is InChI=1S/C55H66F8N8O8/c1-52(2,54(58,59)60)41(23-48(74)77-5)50(75)67-69(27-40-42(56)20-34(21-43(40)57)44-17-18-70(66-44)36-12-13-36)28-46(73)35(22-45(72)49(65-51(76)78-6)53(3,4)55(61,62)63)19-31-7-9-32(10-8-31)33-11-16-47(64-24-33)68-25-37-14-15-38(26-68)71(37)39-29-79-30-39/h7-11,16-18,20-21,24,35-39,41,46,49,73H,12-15,19,22-23,25-30H2,1-6H3,(H,65,76)(H,67,75)/t35-,37?,38?,41-,46+,49-/m1/s1. The number of esters is 1. The number of carbonyl (C=O) groups excluding carboxylic acids is 4. The highest BCUT2D eigenvalue weighted by Crippen LogP contribution is 2.46. The number of anilines is 1. The van der Waals surface area contributed by atoms with Crippen LogP contribution in [-0.2, 0) is 41.6 Å². The van der Waals surface area contributed by atoms with Gasteiger partial charge in [-0.15, -0.1) is 0 Å². The molecular weight excluding hydrogens is 1050 g/mol. The fourth-order valence-electron chi connectivity index (χ4n) is 10.7. The number of methoxy groups -OCH3 is 2. The first-order valence-electron chi connectivity index (χ1n) is 26.2. The van der Waals surface area contributed by atoms with E-state index in [0.717, 1.165) is 89.7 Å². The minimum absolute atomic E-state index is 0.0321. The van der Waals surface area contributed by atoms with Gasteiger partial charge in [-0.2, -0.15) is 31.4 Å². The Hall–Kier alpha value is -6.24. The number of fused-ring (bicyclic) bond motifs is 2. The van der Waals surface area contributed by atoms with Gasteiger partial charge in [-0.25, -0.2) is 23.6 Å². The fourth-order valence-corrected chi connectivity index (χ4v) is 10.7. The molecule has 3 aliphatic heterocycles. The van der Waals surface area contributed by atoms with Crippen LogP contribution in [0.3, 0.4) is 0 Å². The number of ketones is 1. The molecule has 3 N–H and O–H groups in total. The Bertz CT molecular complexity index is 2780. The van der Waals surface area contributed by atoms with E-state index < -0.39 is 114 Å². The lowest BCUT2D eigenvalue weighted by Gasteiger charge is -2.48. The zero-order valence-electron chi connectivity index (χ0n) is 44.7. The Labute approximate surface area is 452 Å². The number of aliphatic hydroxyl groups excluding tert-OH is 1. The molecule has 24 heteroatoms. The van der Waals surface area contributed by atoms with Gasteiger partial charge in [0.25, 0.3) is 0 Å². The molecule has 6 atom stereocenters. The second kappa shape index (κ2) is 23.5. The van der Waals surface area contributed by atoms with E-state index in [1.165, 1.54) is 0 Å². The number of nitrogens with one attached hydrogen (secondary N) is 2. The van der Waals surface area contributed by atoms with Gasteiger partial charge in [0.2, 0.25) is 5.91 Å². The zero-order chi connectivity index (χ0) is 57.4. The maximum absolute atomic E-state index is 16.2. The molecule has 1 aliphatic carbocycles. The number of amides is 2. The summed E-state index contributed by atoms with van der Waals surface area (Å²) in [6.07, 6.45) is -8.43. The third-order valence-electron chi connectivity index (χ3n) is 16.2. The highest BCUT2D eigenvalue weighted by atomic mass is 19.4. The van der Waals surface area contributed by atoms with E-state index in [2.05, 4.69) is 29.8 Å². The van der Waals surface area contributed by atoms with Crippen LogP contribution in [0.1, 0.15) is 83.4 Å². The van der Waals surface area contributed by atoms with Crippen molar-refractivity contribution in [1.82, 2.24) is 35.4 Å². The van der Waals surface area contributed by atoms with Gasteiger partial charge in [0, 0.05) is 73.8 Å². The van der Waals surface area contributed by atoms with Crippen molar-refractivity contribution in [3.05, 3.63) is 89.8 Å². The molecule has 2 amide bonds. The van der Waals surface area contributed by atoms with Crippen molar-refractivity contribution in [3.8, 4) is 22.4 Å². The van der Waals surface area contributed by atoms with Crippen LogP contribution in [0.2, 0.25) is 0 Å². The van der Waals surface area contributed by atoms with Gasteiger partial charge in [-0.3, -0.25) is 29.4 Å². The number of hydrogen-bond acceptors (Lipinski definition) is 13. The van der Waals surface area contributed by atoms with Crippen molar-refractivity contribution in [2.24, 2.45) is 22.7 Å². The summed E-state index contributed by atoms with van der Waals surface area (Å²) in [5, 5.41) is 19.3. The molecule has 3 saturated heterocycles. The molecule has 2 unspecified atom stereocenters. The van der Waals surface area contributed by atoms with E-state index in [-0.39, 0.29) is 23.7 Å². The first-order chi connectivity index (χ1) is 37.2. The summed E-state index contributed by atoms with van der Waals surface area (Å²) < 4.78 is 137. The summed E-state index contributed by atoms with van der Waals surface area (Å²) in [5.41, 5.74) is -2.21. The quantitative estimate of drug-likeness (QED) is 0.0389. The summed E-state index contributed by atoms with van der Waals surface area (Å²) in [6, 6.07) is 13.2. The number of ether oxygens (including phenoxy) is 3. The molecule has 79 heavy (non-hydrogen) atoms. The molecule has 2 aromatic carbocycles. The summed E-state index contributed by atoms with van der Waals surface area (Å²) >= 11 is 0. The van der Waals surface area contributed by atoms with Gasteiger partial charge in [0.1, 0.15) is 23.5 Å². The molecule has 4 fully saturated rings. The molecule has 430 valence electrons. The van der Waals surface area contributed by atoms with Gasteiger partial charge in [0.15, 0.2) is 5.78 Å². The number of alkyl carbamates (subject to hydrolysis) is 1. The van der Waals surface area contributed by atoms with E-state index in [1.54, 1.807) is 47.4 Å². The largest absolute Gasteiger partial charge is 0.469 e. The molecule has 2 aromatic heterocycles. The van der Waals surface area contributed by atoms with Gasteiger partial charge in [0.05, 0.1) is 74.5 Å². The lowest BCUT2D eigenvalue weighted by Crippen LogP contribution is -2.62. The number of hydrogen-bond donors (Lipinski definition) is 3. The first-order valence-corrected chi connectivity index (χ1v) is 26.2. The maximum atomic E-state index is 16.2. The highest BCUT2D eigenvalue weighted by molar-refractivity contribution is 5.88. The average molecular weight is 1120 g/mol. The molecule has 8 rings (SSSR count). The van der Waals surface area contributed by atoms with Crippen LogP contribution < -0.4 is 15.6 Å². The van der Waals surface area contributed by atoms with E-state index in [1.807, 2.05) is 17.4 Å². The van der Waals surface area contributed by atoms with Crippen LogP contribution in [-0.4, -0.2) is 143 Å². The number of hydrazine groups is 1. The SMILES string of the molecule is COC(=O)C[C@H](C(=O)NN(Cc1c(F)cc(-c2ccn(C3CC3)n2)cc1F)C[C@H](O)[C@@H](CC(=O)[C@@H](NC(=O)OC)C(C)(C)C(F)(F)F)Cc1ccc(-c2ccc(N3CC4CCC(C3)N4C3COC3)nc2)cc1)C(C)(C)C(F)(F)F. The summed E-state index contributed by atoms with van der Waals surface area (Å²) in [5.74, 6) is -9.09. The third kappa shape index (κ3) is 13.2. The minimum atomic E-state index is -5.10. The Kier molecular flexibility index (Phi) is 17.5. The van der Waals surface area contributed by atoms with Crippen LogP contribution in [0, 0.1) is 34.3 Å². The molecular formula is C55H66F8N8O8. The number of halogens is 8. The van der Waals surface area contributed by atoms with Crippen LogP contribution in [0.4, 0.5) is 45.7 Å². The summed E-state index contributed by atoms with van der Waals surface area (Å²) in [7, 11) is 1.78. The van der Waals surface area contributed by atoms with E-state index >= 15 is 8.78 Å². The Balaban J connectivity index is 1.09. The number of rotatable bonds is 22. The van der Waals surface area contributed by atoms with Crippen LogP contribution >= 0.6 is 0 Å². The van der Waals surface area contributed by atoms with Gasteiger partial charge < -0.3 is 29.5 Å². The second-order valence-corrected chi connectivity index (χ2v) is 22.3. The molecule has 16 nitrogen and oxygen atoms in total. The van der Waals surface area contributed by atoms with E-state index in [4.69, 9.17) is 9.72 Å². The van der Waals surface area contributed by atoms with Crippen molar-refractivity contribution < 1.29 is 73.6 Å². The fraction of sp³-hybridized carbons (Fsp3) is 0.564. The number of aromatic nitrogens is 3. The molecule has 0 spiro atoms. The van der Waals surface area contributed by atoms with Gasteiger partial charge >= 0.3 is 24.4 Å². The monoisotopic (exact) mass is 1120 g/mol. The topological polar surface area (TPSA) is 181 Å². The molecule has 0 radical (unpaired) electrons. The normalized spacial score (nSPS) is 19.8. The minimum Gasteiger partial charge on any atom is -0.469 e. The lowest BCUT2D eigenvalue weighted by atomic mass is 9.75. The Morgan fingerprint density at radius 2 is 1.39 bits per heavy atom. The predicted octanol–water partition coefficient (Wildman–Crippen LogP) is 8.37. The van der Waals surface area contributed by atoms with Crippen molar-refractivity contribution in [2.75, 3.05) is 52.0 Å².